The number of nitrogens with one attached hydrogen (secondary N) is 1. The Morgan fingerprint density at radius 3 is 2.55 bits per heavy atom. The Labute approximate surface area is 120 Å². The molecular weight excluding hydrogens is 250 g/mol. The van der Waals surface area contributed by atoms with Gasteiger partial charge in [0.2, 0.25) is 0 Å². The first-order valence-corrected chi connectivity index (χ1v) is 7.06. The zero-order valence-corrected chi connectivity index (χ0v) is 12.4. The summed E-state index contributed by atoms with van der Waals surface area (Å²) in [6.45, 7) is 3.11. The Hall–Kier alpha value is -1.65. The quantitative estimate of drug-likeness (QED) is 0.843. The van der Waals surface area contributed by atoms with Crippen LogP contribution in [0.2, 0.25) is 0 Å². The van der Waals surface area contributed by atoms with Crippen molar-refractivity contribution in [1.82, 2.24) is 15.1 Å². The summed E-state index contributed by atoms with van der Waals surface area (Å²) < 4.78 is 7.59. The first-order valence-electron chi connectivity index (χ1n) is 7.06. The van der Waals surface area contributed by atoms with Crippen molar-refractivity contribution in [2.75, 3.05) is 13.7 Å². The molecule has 0 saturated carbocycles. The van der Waals surface area contributed by atoms with Gasteiger partial charge in [0.25, 0.3) is 0 Å². The lowest BCUT2D eigenvalue weighted by Gasteiger charge is -2.26. The molecule has 0 radical (unpaired) electrons. The Balaban J connectivity index is 2.28. The molecule has 4 heteroatoms. The SMILES string of the molecule is CCCNC(c1cnn(C)c1)C(OC)c1ccccc1. The molecule has 0 aliphatic rings. The van der Waals surface area contributed by atoms with E-state index in [-0.39, 0.29) is 12.1 Å². The molecular formula is C16H23N3O. The van der Waals surface area contributed by atoms with E-state index in [4.69, 9.17) is 4.74 Å². The zero-order valence-electron chi connectivity index (χ0n) is 12.4. The van der Waals surface area contributed by atoms with Crippen LogP contribution in [0.25, 0.3) is 0 Å². The average Bonchev–Trinajstić information content (AvgIpc) is 2.90. The molecule has 20 heavy (non-hydrogen) atoms. The van der Waals surface area contributed by atoms with Crippen LogP contribution in [0.4, 0.5) is 0 Å². The molecule has 1 heterocycles. The van der Waals surface area contributed by atoms with Gasteiger partial charge in [-0.3, -0.25) is 4.68 Å². The van der Waals surface area contributed by atoms with Gasteiger partial charge in [-0.15, -0.1) is 0 Å². The normalized spacial score (nSPS) is 14.2. The lowest BCUT2D eigenvalue weighted by atomic mass is 9.97. The van der Waals surface area contributed by atoms with Gasteiger partial charge in [-0.1, -0.05) is 37.3 Å². The number of rotatable bonds is 7. The summed E-state index contributed by atoms with van der Waals surface area (Å²) >= 11 is 0. The van der Waals surface area contributed by atoms with Crippen LogP contribution in [0.1, 0.15) is 36.6 Å². The predicted octanol–water partition coefficient (Wildman–Crippen LogP) is 2.85. The van der Waals surface area contributed by atoms with Gasteiger partial charge in [0.15, 0.2) is 0 Å². The molecule has 0 saturated heterocycles. The highest BCUT2D eigenvalue weighted by Gasteiger charge is 2.25. The van der Waals surface area contributed by atoms with E-state index in [9.17, 15) is 0 Å². The molecule has 1 aromatic carbocycles. The highest BCUT2D eigenvalue weighted by Crippen LogP contribution is 2.31. The van der Waals surface area contributed by atoms with Gasteiger partial charge in [-0.25, -0.2) is 0 Å². The second-order valence-corrected chi connectivity index (χ2v) is 4.95. The molecule has 2 aromatic rings. The molecule has 0 aliphatic heterocycles. The molecule has 2 atom stereocenters. The molecule has 108 valence electrons. The minimum absolute atomic E-state index is 0.0213. The number of benzene rings is 1. The highest BCUT2D eigenvalue weighted by atomic mass is 16.5. The van der Waals surface area contributed by atoms with E-state index >= 15 is 0 Å². The summed E-state index contributed by atoms with van der Waals surface area (Å²) in [5.74, 6) is 0. The highest BCUT2D eigenvalue weighted by molar-refractivity contribution is 5.23. The Bertz CT molecular complexity index is 509. The van der Waals surface area contributed by atoms with Crippen LogP contribution in [0.15, 0.2) is 42.7 Å². The number of aromatic nitrogens is 2. The lowest BCUT2D eigenvalue weighted by molar-refractivity contribution is 0.0676. The van der Waals surface area contributed by atoms with Gasteiger partial charge in [0.05, 0.1) is 12.2 Å². The van der Waals surface area contributed by atoms with Crippen molar-refractivity contribution in [3.05, 3.63) is 53.9 Å². The van der Waals surface area contributed by atoms with Crippen molar-refractivity contribution in [2.24, 2.45) is 7.05 Å². The first-order chi connectivity index (χ1) is 9.76. The van der Waals surface area contributed by atoms with Crippen LogP contribution in [0.5, 0.6) is 0 Å². The fraction of sp³-hybridized carbons (Fsp3) is 0.438. The second kappa shape index (κ2) is 7.22. The molecule has 4 nitrogen and oxygen atoms in total. The lowest BCUT2D eigenvalue weighted by Crippen LogP contribution is -2.28. The fourth-order valence-electron chi connectivity index (χ4n) is 2.41. The molecule has 1 N–H and O–H groups in total. The van der Waals surface area contributed by atoms with E-state index in [0.717, 1.165) is 18.5 Å². The van der Waals surface area contributed by atoms with Crippen LogP contribution in [-0.2, 0) is 11.8 Å². The minimum Gasteiger partial charge on any atom is -0.375 e. The maximum Gasteiger partial charge on any atom is 0.102 e. The van der Waals surface area contributed by atoms with E-state index in [1.54, 1.807) is 7.11 Å². The van der Waals surface area contributed by atoms with E-state index in [1.165, 1.54) is 5.56 Å². The number of hydrogen-bond acceptors (Lipinski definition) is 3. The summed E-state index contributed by atoms with van der Waals surface area (Å²) in [5.41, 5.74) is 2.32. The number of hydrogen-bond donors (Lipinski definition) is 1. The standard InChI is InChI=1S/C16H23N3O/c1-4-10-17-15(14-11-18-19(2)12-14)16(20-3)13-8-6-5-7-9-13/h5-9,11-12,15-17H,4,10H2,1-3H3. The maximum absolute atomic E-state index is 5.76. The van der Waals surface area contributed by atoms with Crippen molar-refractivity contribution in [2.45, 2.75) is 25.5 Å². The van der Waals surface area contributed by atoms with Gasteiger partial charge in [0.1, 0.15) is 6.10 Å². The smallest absolute Gasteiger partial charge is 0.102 e. The van der Waals surface area contributed by atoms with Crippen LogP contribution < -0.4 is 5.32 Å². The minimum atomic E-state index is -0.0213. The molecule has 0 aliphatic carbocycles. The number of aryl methyl sites for hydroxylation is 1. The molecule has 1 aromatic heterocycles. The topological polar surface area (TPSA) is 39.1 Å². The van der Waals surface area contributed by atoms with E-state index in [2.05, 4.69) is 29.5 Å². The summed E-state index contributed by atoms with van der Waals surface area (Å²) in [4.78, 5) is 0. The van der Waals surface area contributed by atoms with Crippen molar-refractivity contribution in [3.63, 3.8) is 0 Å². The number of ether oxygens (including phenoxy) is 1. The molecule has 2 rings (SSSR count). The van der Waals surface area contributed by atoms with Crippen molar-refractivity contribution >= 4 is 0 Å². The Kier molecular flexibility index (Phi) is 5.32. The van der Waals surface area contributed by atoms with Gasteiger partial charge in [0, 0.05) is 25.9 Å². The summed E-state index contributed by atoms with van der Waals surface area (Å²) in [6.07, 6.45) is 5.01. The second-order valence-electron chi connectivity index (χ2n) is 4.95. The van der Waals surface area contributed by atoms with Gasteiger partial charge < -0.3 is 10.1 Å². The predicted molar refractivity (Wildman–Crippen MR) is 80.4 cm³/mol. The third-order valence-corrected chi connectivity index (χ3v) is 3.38. The van der Waals surface area contributed by atoms with Crippen molar-refractivity contribution < 1.29 is 4.74 Å². The van der Waals surface area contributed by atoms with Gasteiger partial charge >= 0.3 is 0 Å². The van der Waals surface area contributed by atoms with Crippen LogP contribution >= 0.6 is 0 Å². The molecule has 0 bridgehead atoms. The molecule has 0 amide bonds. The largest absolute Gasteiger partial charge is 0.375 e. The number of methoxy groups -OCH3 is 1. The zero-order chi connectivity index (χ0) is 14.4. The maximum atomic E-state index is 5.76. The summed E-state index contributed by atoms with van der Waals surface area (Å²) in [6, 6.07) is 10.4. The third kappa shape index (κ3) is 3.46. The summed E-state index contributed by atoms with van der Waals surface area (Å²) in [5, 5.41) is 7.85. The van der Waals surface area contributed by atoms with Crippen LogP contribution in [0.3, 0.4) is 0 Å². The molecule has 2 unspecified atom stereocenters. The molecule has 0 fully saturated rings. The van der Waals surface area contributed by atoms with Crippen LogP contribution in [-0.4, -0.2) is 23.4 Å². The first kappa shape index (κ1) is 14.8. The van der Waals surface area contributed by atoms with Gasteiger partial charge in [-0.05, 0) is 18.5 Å². The Morgan fingerprint density at radius 1 is 1.25 bits per heavy atom. The van der Waals surface area contributed by atoms with E-state index in [1.807, 2.05) is 42.3 Å². The average molecular weight is 273 g/mol. The molecule has 0 spiro atoms. The van der Waals surface area contributed by atoms with Crippen LogP contribution in [0, 0.1) is 0 Å². The van der Waals surface area contributed by atoms with E-state index < -0.39 is 0 Å². The number of nitrogens with zero attached hydrogens (tertiary/aromatic N) is 2. The van der Waals surface area contributed by atoms with Gasteiger partial charge in [-0.2, -0.15) is 5.10 Å². The van der Waals surface area contributed by atoms with Crippen molar-refractivity contribution in [1.29, 1.82) is 0 Å². The summed E-state index contributed by atoms with van der Waals surface area (Å²) in [7, 11) is 3.69. The third-order valence-electron chi connectivity index (χ3n) is 3.38. The van der Waals surface area contributed by atoms with E-state index in [0.29, 0.717) is 0 Å². The monoisotopic (exact) mass is 273 g/mol. The van der Waals surface area contributed by atoms with Crippen molar-refractivity contribution in [3.8, 4) is 0 Å². The Morgan fingerprint density at radius 2 is 2.00 bits per heavy atom. The fourth-order valence-corrected chi connectivity index (χ4v) is 2.41.